The number of hydrogen-bond donors (Lipinski definition) is 0. The number of allylic oxidation sites excluding steroid dienone is 4. The molecule has 0 spiro atoms. The third-order valence-corrected chi connectivity index (χ3v) is 21.6. The van der Waals surface area contributed by atoms with Gasteiger partial charge < -0.3 is 0 Å². The van der Waals surface area contributed by atoms with Crippen LogP contribution < -0.4 is 0 Å². The maximum absolute atomic E-state index is 2.49. The summed E-state index contributed by atoms with van der Waals surface area (Å²) >= 11 is -2.10. The molecule has 0 aromatic carbocycles. The van der Waals surface area contributed by atoms with Crippen LogP contribution in [0, 0.1) is 0 Å². The molecule has 1 heteroatoms. The molecule has 0 fully saturated rings. The van der Waals surface area contributed by atoms with E-state index in [9.17, 15) is 0 Å². The van der Waals surface area contributed by atoms with Crippen molar-refractivity contribution in [3.05, 3.63) is 21.3 Å². The molecule has 0 aromatic heterocycles. The molecule has 122 valence electrons. The summed E-state index contributed by atoms with van der Waals surface area (Å²) in [4.78, 5) is 0. The maximum atomic E-state index is 2.49. The van der Waals surface area contributed by atoms with E-state index in [1.807, 2.05) is 3.59 Å². The monoisotopic (exact) mass is 398 g/mol. The molecule has 0 aromatic rings. The summed E-state index contributed by atoms with van der Waals surface area (Å²) in [5.74, 6) is 0. The molecule has 21 heavy (non-hydrogen) atoms. The van der Waals surface area contributed by atoms with E-state index in [2.05, 4.69) is 39.8 Å². The summed E-state index contributed by atoms with van der Waals surface area (Å²) in [5.41, 5.74) is 1.79. The van der Waals surface area contributed by atoms with Gasteiger partial charge in [-0.25, -0.2) is 0 Å². The topological polar surface area (TPSA) is 0 Å². The van der Waals surface area contributed by atoms with Crippen molar-refractivity contribution in [2.24, 2.45) is 0 Å². The van der Waals surface area contributed by atoms with Crippen molar-refractivity contribution < 1.29 is 0 Å². The SMILES string of the molecule is CCC[CH2][Sn]([CH2]CCC)([CH2]CCC)[C]1=C(CCC)C=CC1. The van der Waals surface area contributed by atoms with E-state index in [0.717, 1.165) is 0 Å². The van der Waals surface area contributed by atoms with Crippen molar-refractivity contribution in [2.75, 3.05) is 0 Å². The fourth-order valence-corrected chi connectivity index (χ4v) is 21.6. The first kappa shape index (κ1) is 19.3. The third-order valence-electron chi connectivity index (χ3n) is 5.21. The second-order valence-corrected chi connectivity index (χ2v) is 20.3. The van der Waals surface area contributed by atoms with E-state index >= 15 is 0 Å². The Morgan fingerprint density at radius 1 is 0.810 bits per heavy atom. The Bertz CT molecular complexity index is 316. The minimum atomic E-state index is -2.10. The molecule has 0 saturated heterocycles. The Labute approximate surface area is 138 Å². The van der Waals surface area contributed by atoms with Gasteiger partial charge in [0.2, 0.25) is 0 Å². The summed E-state index contributed by atoms with van der Waals surface area (Å²) in [6.45, 7) is 9.48. The second-order valence-electron chi connectivity index (χ2n) is 6.95. The molecule has 0 heterocycles. The van der Waals surface area contributed by atoms with Crippen LogP contribution in [0.25, 0.3) is 0 Å². The van der Waals surface area contributed by atoms with E-state index in [0.29, 0.717) is 0 Å². The van der Waals surface area contributed by atoms with Gasteiger partial charge >= 0.3 is 138 Å². The van der Waals surface area contributed by atoms with E-state index < -0.39 is 18.4 Å². The summed E-state index contributed by atoms with van der Waals surface area (Å²) in [7, 11) is 0. The zero-order chi connectivity index (χ0) is 15.6. The summed E-state index contributed by atoms with van der Waals surface area (Å²) in [6, 6.07) is 0. The van der Waals surface area contributed by atoms with Crippen LogP contribution in [0.4, 0.5) is 0 Å². The van der Waals surface area contributed by atoms with E-state index in [-0.39, 0.29) is 0 Å². The quantitative estimate of drug-likeness (QED) is 0.301. The number of rotatable bonds is 12. The van der Waals surface area contributed by atoms with Gasteiger partial charge in [0.15, 0.2) is 0 Å². The van der Waals surface area contributed by atoms with Crippen LogP contribution >= 0.6 is 0 Å². The van der Waals surface area contributed by atoms with Gasteiger partial charge in [-0.05, 0) is 0 Å². The van der Waals surface area contributed by atoms with Crippen LogP contribution in [-0.4, -0.2) is 18.4 Å². The summed E-state index contributed by atoms with van der Waals surface area (Å²) in [5, 5.41) is 0. The average Bonchev–Trinajstić information content (AvgIpc) is 2.96. The first-order valence-electron chi connectivity index (χ1n) is 9.63. The molecular weight excluding hydrogens is 359 g/mol. The molecule has 0 atom stereocenters. The molecule has 0 nitrogen and oxygen atoms in total. The summed E-state index contributed by atoms with van der Waals surface area (Å²) < 4.78 is 6.95. The van der Waals surface area contributed by atoms with Crippen molar-refractivity contribution in [2.45, 2.75) is 98.8 Å². The van der Waals surface area contributed by atoms with Crippen LogP contribution in [0.15, 0.2) is 21.3 Å². The van der Waals surface area contributed by atoms with Crippen LogP contribution in [0.3, 0.4) is 0 Å². The zero-order valence-electron chi connectivity index (χ0n) is 15.1. The van der Waals surface area contributed by atoms with E-state index in [4.69, 9.17) is 0 Å². The Morgan fingerprint density at radius 3 is 1.76 bits per heavy atom. The molecule has 0 N–H and O–H groups in total. The molecule has 0 bridgehead atoms. The predicted molar refractivity (Wildman–Crippen MR) is 101 cm³/mol. The molecule has 0 amide bonds. The van der Waals surface area contributed by atoms with Gasteiger partial charge in [0.1, 0.15) is 0 Å². The van der Waals surface area contributed by atoms with Crippen molar-refractivity contribution in [3.63, 3.8) is 0 Å². The Hall–Kier alpha value is 0.279. The van der Waals surface area contributed by atoms with E-state index in [1.54, 1.807) is 18.9 Å². The number of hydrogen-bond acceptors (Lipinski definition) is 0. The van der Waals surface area contributed by atoms with Crippen LogP contribution in [0.5, 0.6) is 0 Å². The normalized spacial score (nSPS) is 15.2. The van der Waals surface area contributed by atoms with Gasteiger partial charge in [0.25, 0.3) is 0 Å². The Kier molecular flexibility index (Phi) is 10.0. The third kappa shape index (κ3) is 5.77. The molecule has 1 aliphatic carbocycles. The fraction of sp³-hybridized carbons (Fsp3) is 0.800. The van der Waals surface area contributed by atoms with Gasteiger partial charge in [-0.2, -0.15) is 0 Å². The van der Waals surface area contributed by atoms with Crippen molar-refractivity contribution in [3.8, 4) is 0 Å². The van der Waals surface area contributed by atoms with Crippen LogP contribution in [0.1, 0.15) is 85.5 Å². The van der Waals surface area contributed by atoms with Crippen LogP contribution in [0.2, 0.25) is 13.3 Å². The predicted octanol–water partition coefficient (Wildman–Crippen LogP) is 7.43. The van der Waals surface area contributed by atoms with Gasteiger partial charge in [-0.15, -0.1) is 0 Å². The molecule has 0 saturated carbocycles. The van der Waals surface area contributed by atoms with Gasteiger partial charge in [-0.1, -0.05) is 0 Å². The molecule has 0 aliphatic heterocycles. The van der Waals surface area contributed by atoms with Crippen molar-refractivity contribution in [1.82, 2.24) is 0 Å². The Morgan fingerprint density at radius 2 is 1.33 bits per heavy atom. The first-order valence-corrected chi connectivity index (χ1v) is 17.1. The second kappa shape index (κ2) is 10.9. The summed E-state index contributed by atoms with van der Waals surface area (Å²) in [6.07, 6.45) is 17.6. The standard InChI is InChI=1S/C8H11.3C4H9.Sn/c1-2-5-8-6-3-4-7-8;3*1-3-4-2;/h3,6H,2,4-5H2,1H3;3*1,3-4H2,2H3;. The average molecular weight is 397 g/mol. The van der Waals surface area contributed by atoms with Crippen molar-refractivity contribution in [1.29, 1.82) is 0 Å². The minimum absolute atomic E-state index is 1.32. The van der Waals surface area contributed by atoms with Crippen molar-refractivity contribution >= 4 is 18.4 Å². The molecule has 1 aliphatic rings. The molecule has 0 radical (unpaired) electrons. The van der Waals surface area contributed by atoms with Gasteiger partial charge in [0, 0.05) is 0 Å². The number of unbranched alkanes of at least 4 members (excludes halogenated alkanes) is 3. The fourth-order valence-electron chi connectivity index (χ4n) is 3.98. The van der Waals surface area contributed by atoms with E-state index in [1.165, 1.54) is 57.8 Å². The Balaban J connectivity index is 3.02. The van der Waals surface area contributed by atoms with Gasteiger partial charge in [0.05, 0.1) is 0 Å². The first-order chi connectivity index (χ1) is 10.2. The van der Waals surface area contributed by atoms with Gasteiger partial charge in [-0.3, -0.25) is 0 Å². The van der Waals surface area contributed by atoms with Crippen LogP contribution in [-0.2, 0) is 0 Å². The molecular formula is C20H38Sn. The zero-order valence-corrected chi connectivity index (χ0v) is 18.0. The molecule has 1 rings (SSSR count). The molecule has 0 unspecified atom stereocenters.